The second-order valence-corrected chi connectivity index (χ2v) is 15.6. The lowest BCUT2D eigenvalue weighted by molar-refractivity contribution is -0.139. The minimum Gasteiger partial charge on any atom is -0.507 e. The van der Waals surface area contributed by atoms with Gasteiger partial charge in [-0.25, -0.2) is 4.98 Å². The van der Waals surface area contributed by atoms with Crippen molar-refractivity contribution in [3.63, 3.8) is 0 Å². The van der Waals surface area contributed by atoms with E-state index in [1.54, 1.807) is 36.4 Å². The van der Waals surface area contributed by atoms with Crippen molar-refractivity contribution in [3.8, 4) is 17.2 Å². The molecule has 0 radical (unpaired) electrons. The first kappa shape index (κ1) is 39.2. The number of ether oxygens (including phenoxy) is 2. The van der Waals surface area contributed by atoms with Gasteiger partial charge in [0, 0.05) is 34.8 Å². The molecule has 1 aromatic heterocycles. The first-order valence-corrected chi connectivity index (χ1v) is 19.2. The number of hydrogen-bond donors (Lipinski definition) is 2. The Labute approximate surface area is 340 Å². The van der Waals surface area contributed by atoms with Gasteiger partial charge in [-0.05, 0) is 66.6 Å². The lowest BCUT2D eigenvalue weighted by Crippen LogP contribution is -2.53. The highest BCUT2D eigenvalue weighted by molar-refractivity contribution is 6.33. The number of aromatic hydroxyl groups is 1. The van der Waals surface area contributed by atoms with Crippen LogP contribution in [0.4, 0.5) is 24.7 Å². The molecule has 2 aliphatic heterocycles. The predicted molar refractivity (Wildman–Crippen MR) is 206 cm³/mol. The van der Waals surface area contributed by atoms with E-state index in [0.29, 0.717) is 39.1 Å². The van der Waals surface area contributed by atoms with E-state index in [4.69, 9.17) is 32.7 Å². The first-order chi connectivity index (χ1) is 27.6. The summed E-state index contributed by atoms with van der Waals surface area (Å²) >= 11 is 12.6. The molecular formula is C42H35Cl2F3N4O7. The van der Waals surface area contributed by atoms with Gasteiger partial charge in [-0.1, -0.05) is 66.0 Å². The summed E-state index contributed by atoms with van der Waals surface area (Å²) in [6.45, 7) is 1.99. The monoisotopic (exact) mass is 834 g/mol. The molecule has 11 nitrogen and oxygen atoms in total. The van der Waals surface area contributed by atoms with Crippen molar-refractivity contribution < 1.29 is 46.9 Å². The number of pyridine rings is 1. The molecule has 300 valence electrons. The van der Waals surface area contributed by atoms with Crippen LogP contribution in [0.2, 0.25) is 10.0 Å². The fourth-order valence-electron chi connectivity index (χ4n) is 9.40. The number of phenols is 1. The standard InChI is InChI=1S/C42H35Cl2F3N4O7/c1-4-20-5-11-24(12-6-20)50-37(53)27-14-13-26-28(33(27)39(50)55)18-29-38(54)51(49-36-30(44)15-22(19-48-36)42(45,46)47)40(56)41(29,21-7-9-23(43)10-8-21)35(26)34-31(52)16-25(57-2)17-32(34)58-3/h5-13,15-17,19,27-29,33,35,52H,4,14,18H2,1-3H3,(H,48,49). The number of carbonyl (C=O) groups is 4. The number of halogens is 5. The maximum Gasteiger partial charge on any atom is 0.417 e. The zero-order chi connectivity index (χ0) is 41.4. The molecule has 3 aromatic carbocycles. The maximum absolute atomic E-state index is 15.5. The van der Waals surface area contributed by atoms with Crippen LogP contribution in [0.15, 0.2) is 84.6 Å². The van der Waals surface area contributed by atoms with Crippen LogP contribution in [-0.2, 0) is 37.2 Å². The van der Waals surface area contributed by atoms with Gasteiger partial charge in [-0.2, -0.15) is 18.2 Å². The minimum absolute atomic E-state index is 0.100. The highest BCUT2D eigenvalue weighted by Gasteiger charge is 2.71. The number of benzene rings is 3. The molecule has 2 aliphatic carbocycles. The number of allylic oxidation sites excluding steroid dienone is 2. The summed E-state index contributed by atoms with van der Waals surface area (Å²) in [6, 6.07) is 16.9. The molecule has 2 N–H and O–H groups in total. The summed E-state index contributed by atoms with van der Waals surface area (Å²) in [7, 11) is 2.76. The predicted octanol–water partition coefficient (Wildman–Crippen LogP) is 7.88. The number of rotatable bonds is 8. The molecule has 4 amide bonds. The van der Waals surface area contributed by atoms with Crippen molar-refractivity contribution in [2.75, 3.05) is 24.5 Å². The van der Waals surface area contributed by atoms with Gasteiger partial charge < -0.3 is 14.6 Å². The summed E-state index contributed by atoms with van der Waals surface area (Å²) in [5.41, 5.74) is 1.91. The number of imide groups is 2. The lowest BCUT2D eigenvalue weighted by Gasteiger charge is -2.50. The highest BCUT2D eigenvalue weighted by Crippen LogP contribution is 2.66. The van der Waals surface area contributed by atoms with Crippen molar-refractivity contribution >= 4 is 58.3 Å². The average Bonchev–Trinajstić information content (AvgIpc) is 3.58. The van der Waals surface area contributed by atoms with Crippen LogP contribution in [0.3, 0.4) is 0 Å². The summed E-state index contributed by atoms with van der Waals surface area (Å²) in [4.78, 5) is 64.3. The molecule has 6 atom stereocenters. The number of carbonyl (C=O) groups excluding carboxylic acids is 4. The van der Waals surface area contributed by atoms with Crippen LogP contribution in [0, 0.1) is 23.7 Å². The Morgan fingerprint density at radius 1 is 0.931 bits per heavy atom. The third-order valence-corrected chi connectivity index (χ3v) is 12.5. The quantitative estimate of drug-likeness (QED) is 0.134. The van der Waals surface area contributed by atoms with Crippen LogP contribution >= 0.6 is 23.2 Å². The Kier molecular flexibility index (Phi) is 9.70. The number of nitrogens with one attached hydrogen (secondary N) is 1. The third kappa shape index (κ3) is 5.90. The number of anilines is 2. The third-order valence-electron chi connectivity index (χ3n) is 12.0. The topological polar surface area (TPSA) is 138 Å². The van der Waals surface area contributed by atoms with Gasteiger partial charge in [0.15, 0.2) is 5.82 Å². The van der Waals surface area contributed by atoms with Gasteiger partial charge >= 0.3 is 6.18 Å². The Morgan fingerprint density at radius 2 is 1.64 bits per heavy atom. The zero-order valence-electron chi connectivity index (χ0n) is 31.1. The molecule has 0 bridgehead atoms. The van der Waals surface area contributed by atoms with Gasteiger partial charge in [0.05, 0.1) is 53.7 Å². The molecule has 3 heterocycles. The Balaban J connectivity index is 1.34. The number of aryl methyl sites for hydroxylation is 1. The van der Waals surface area contributed by atoms with Crippen LogP contribution in [0.25, 0.3) is 0 Å². The van der Waals surface area contributed by atoms with Crippen molar-refractivity contribution in [3.05, 3.63) is 117 Å². The normalized spacial score (nSPS) is 25.3. The summed E-state index contributed by atoms with van der Waals surface area (Å²) in [5.74, 6) is -8.01. The zero-order valence-corrected chi connectivity index (χ0v) is 32.7. The number of phenolic OH excluding ortho intramolecular Hbond substituents is 1. The molecule has 4 aliphatic rings. The Morgan fingerprint density at radius 3 is 2.26 bits per heavy atom. The van der Waals surface area contributed by atoms with E-state index in [2.05, 4.69) is 10.4 Å². The number of nitrogens with zero attached hydrogens (tertiary/aromatic N) is 3. The highest BCUT2D eigenvalue weighted by atomic mass is 35.5. The molecule has 6 unspecified atom stereocenters. The fourth-order valence-corrected chi connectivity index (χ4v) is 9.73. The van der Waals surface area contributed by atoms with Crippen LogP contribution in [-0.4, -0.2) is 52.9 Å². The molecule has 0 spiro atoms. The van der Waals surface area contributed by atoms with Crippen molar-refractivity contribution in [2.45, 2.75) is 43.7 Å². The minimum atomic E-state index is -4.77. The smallest absolute Gasteiger partial charge is 0.417 e. The van der Waals surface area contributed by atoms with Crippen molar-refractivity contribution in [1.29, 1.82) is 0 Å². The Bertz CT molecular complexity index is 2410. The lowest BCUT2D eigenvalue weighted by atomic mass is 9.49. The number of hydrazine groups is 1. The second-order valence-electron chi connectivity index (χ2n) is 14.7. The second kappa shape index (κ2) is 14.3. The number of aromatic nitrogens is 1. The van der Waals surface area contributed by atoms with E-state index < -0.39 is 81.2 Å². The van der Waals surface area contributed by atoms with E-state index >= 15 is 4.79 Å². The van der Waals surface area contributed by atoms with Gasteiger partial charge in [-0.15, -0.1) is 0 Å². The molecule has 4 aromatic rings. The van der Waals surface area contributed by atoms with Gasteiger partial charge in [0.1, 0.15) is 17.2 Å². The summed E-state index contributed by atoms with van der Waals surface area (Å²) < 4.78 is 51.9. The van der Waals surface area contributed by atoms with Crippen LogP contribution in [0.1, 0.15) is 47.9 Å². The van der Waals surface area contributed by atoms with E-state index in [-0.39, 0.29) is 35.7 Å². The van der Waals surface area contributed by atoms with Gasteiger partial charge in [0.2, 0.25) is 11.8 Å². The molecule has 1 saturated carbocycles. The van der Waals surface area contributed by atoms with Crippen molar-refractivity contribution in [1.82, 2.24) is 9.99 Å². The van der Waals surface area contributed by atoms with Crippen LogP contribution in [0.5, 0.6) is 17.2 Å². The van der Waals surface area contributed by atoms with E-state index in [0.717, 1.165) is 12.0 Å². The van der Waals surface area contributed by atoms with Gasteiger partial charge in [0.25, 0.3) is 11.8 Å². The van der Waals surface area contributed by atoms with E-state index in [9.17, 15) is 32.7 Å². The molecule has 2 saturated heterocycles. The van der Waals surface area contributed by atoms with Crippen LogP contribution < -0.4 is 19.8 Å². The number of alkyl halides is 3. The number of hydrogen-bond acceptors (Lipinski definition) is 9. The summed E-state index contributed by atoms with van der Waals surface area (Å²) in [5, 5.41) is 12.4. The van der Waals surface area contributed by atoms with Crippen molar-refractivity contribution in [2.24, 2.45) is 23.7 Å². The van der Waals surface area contributed by atoms with E-state index in [1.165, 1.54) is 31.3 Å². The van der Waals surface area contributed by atoms with Gasteiger partial charge in [-0.3, -0.25) is 29.5 Å². The Hall–Kier alpha value is -5.60. The van der Waals surface area contributed by atoms with E-state index in [1.807, 2.05) is 25.1 Å². The molecule has 3 fully saturated rings. The molecule has 8 rings (SSSR count). The fraction of sp³-hybridized carbons (Fsp3) is 0.310. The number of amides is 4. The first-order valence-electron chi connectivity index (χ1n) is 18.4. The largest absolute Gasteiger partial charge is 0.507 e. The number of fused-ring (bicyclic) bond motifs is 4. The SMILES string of the molecule is CCc1ccc(N2C(=O)C3CC=C4C(CC5C(=O)N(Nc6ncc(C(F)(F)F)cc6Cl)C(=O)C5(c5ccc(Cl)cc5)C4c4c(O)cc(OC)cc4OC)C3C2=O)cc1. The molecular weight excluding hydrogens is 800 g/mol. The number of methoxy groups -OCH3 is 2. The summed E-state index contributed by atoms with van der Waals surface area (Å²) in [6.07, 6.45) is -1.69. The maximum atomic E-state index is 15.5. The molecule has 16 heteroatoms. The molecule has 58 heavy (non-hydrogen) atoms. The average molecular weight is 836 g/mol.